The molecule has 0 aliphatic carbocycles. The predicted octanol–water partition coefficient (Wildman–Crippen LogP) is 3.09. The van der Waals surface area contributed by atoms with Gasteiger partial charge in [-0.2, -0.15) is 4.31 Å². The Balaban J connectivity index is 1.46. The number of hydrogen-bond donors (Lipinski definition) is 1. The summed E-state index contributed by atoms with van der Waals surface area (Å²) in [6.45, 7) is 2.88. The molecule has 1 unspecified atom stereocenters. The quantitative estimate of drug-likeness (QED) is 0.452. The van der Waals surface area contributed by atoms with Gasteiger partial charge < -0.3 is 4.98 Å². The summed E-state index contributed by atoms with van der Waals surface area (Å²) in [6, 6.07) is 14.2. The Morgan fingerprint density at radius 3 is 2.68 bits per heavy atom. The van der Waals surface area contributed by atoms with Crippen molar-refractivity contribution in [3.8, 4) is 0 Å². The number of fused-ring (bicyclic) bond motifs is 1. The van der Waals surface area contributed by atoms with Crippen molar-refractivity contribution in [3.05, 3.63) is 80.9 Å². The highest BCUT2D eigenvalue weighted by molar-refractivity contribution is 7.89. The zero-order chi connectivity index (χ0) is 23.9. The largest absolute Gasteiger partial charge is 0.308 e. The average molecular weight is 499 g/mol. The highest BCUT2D eigenvalue weighted by Gasteiger charge is 2.32. The number of nitrogens with one attached hydrogen (secondary N) is 1. The van der Waals surface area contributed by atoms with Crippen LogP contribution in [0.5, 0.6) is 0 Å². The molecule has 1 aliphatic rings. The van der Waals surface area contributed by atoms with E-state index in [-0.39, 0.29) is 22.9 Å². The van der Waals surface area contributed by atoms with Crippen molar-refractivity contribution in [1.29, 1.82) is 0 Å². The number of benzene rings is 2. The Bertz CT molecular complexity index is 1510. The van der Waals surface area contributed by atoms with E-state index in [2.05, 4.69) is 20.3 Å². The molecule has 11 heteroatoms. The summed E-state index contributed by atoms with van der Waals surface area (Å²) < 4.78 is 29.4. The molecular weight excluding hydrogens is 476 g/mol. The normalized spacial score (nSPS) is 17.3. The summed E-state index contributed by atoms with van der Waals surface area (Å²) in [4.78, 5) is 20.5. The Labute approximate surface area is 201 Å². The topological polar surface area (TPSA) is 114 Å². The molecule has 2 aromatic heterocycles. The first-order valence-corrected chi connectivity index (χ1v) is 12.8. The van der Waals surface area contributed by atoms with E-state index in [9.17, 15) is 13.2 Å². The number of H-pyrrole nitrogens is 1. The van der Waals surface area contributed by atoms with Crippen LogP contribution >= 0.6 is 11.6 Å². The van der Waals surface area contributed by atoms with Crippen molar-refractivity contribution in [3.63, 3.8) is 0 Å². The van der Waals surface area contributed by atoms with Gasteiger partial charge in [0, 0.05) is 24.0 Å². The van der Waals surface area contributed by atoms with E-state index >= 15 is 0 Å². The van der Waals surface area contributed by atoms with Crippen LogP contribution in [0.4, 0.5) is 0 Å². The van der Waals surface area contributed by atoms with Crippen LogP contribution in [0, 0.1) is 6.92 Å². The van der Waals surface area contributed by atoms with E-state index in [4.69, 9.17) is 11.6 Å². The number of aromatic nitrogens is 5. The highest BCUT2D eigenvalue weighted by atomic mass is 35.5. The SMILES string of the molecule is Cc1ccc(S(=O)(=O)N2CCCC(c3nc4c(nnn4Cc4ccccc4Cl)c(=O)[nH]3)C2)cc1. The van der Waals surface area contributed by atoms with E-state index in [0.717, 1.165) is 11.1 Å². The Kier molecular flexibility index (Phi) is 5.97. The number of aromatic amines is 1. The van der Waals surface area contributed by atoms with E-state index < -0.39 is 15.6 Å². The number of piperidine rings is 1. The number of aryl methyl sites for hydroxylation is 1. The van der Waals surface area contributed by atoms with Gasteiger partial charge in [0.2, 0.25) is 10.0 Å². The van der Waals surface area contributed by atoms with Gasteiger partial charge in [0.1, 0.15) is 5.82 Å². The van der Waals surface area contributed by atoms with Crippen LogP contribution in [0.1, 0.15) is 35.7 Å². The first-order chi connectivity index (χ1) is 16.3. The van der Waals surface area contributed by atoms with Crippen LogP contribution in [-0.2, 0) is 16.6 Å². The molecule has 1 saturated heterocycles. The summed E-state index contributed by atoms with van der Waals surface area (Å²) in [5.41, 5.74) is 1.90. The molecule has 3 heterocycles. The molecule has 4 aromatic rings. The molecule has 1 N–H and O–H groups in total. The van der Waals surface area contributed by atoms with Gasteiger partial charge in [-0.15, -0.1) is 5.10 Å². The standard InChI is InChI=1S/C23H23ClN6O3S/c1-15-8-10-18(11-9-15)34(32,33)29-12-4-6-17(13-29)21-25-22-20(23(31)26-21)27-28-30(22)14-16-5-2-3-7-19(16)24/h2-3,5,7-11,17H,4,6,12-14H2,1H3,(H,25,26,31). The number of rotatable bonds is 5. The summed E-state index contributed by atoms with van der Waals surface area (Å²) in [7, 11) is -3.65. The minimum Gasteiger partial charge on any atom is -0.308 e. The van der Waals surface area contributed by atoms with Gasteiger partial charge in [0.05, 0.1) is 11.4 Å². The molecule has 0 amide bonds. The third-order valence-corrected chi connectivity index (χ3v) is 8.35. The minimum absolute atomic E-state index is 0.135. The van der Waals surface area contributed by atoms with Crippen molar-refractivity contribution >= 4 is 32.8 Å². The smallest absolute Gasteiger partial charge is 0.281 e. The molecular formula is C23H23ClN6O3S. The van der Waals surface area contributed by atoms with Crippen molar-refractivity contribution in [1.82, 2.24) is 29.3 Å². The Morgan fingerprint density at radius 2 is 1.91 bits per heavy atom. The second-order valence-corrected chi connectivity index (χ2v) is 10.8. The van der Waals surface area contributed by atoms with Gasteiger partial charge in [0.25, 0.3) is 5.56 Å². The van der Waals surface area contributed by atoms with Crippen LogP contribution < -0.4 is 5.56 Å². The second-order valence-electron chi connectivity index (χ2n) is 8.48. The lowest BCUT2D eigenvalue weighted by molar-refractivity contribution is 0.309. The van der Waals surface area contributed by atoms with Gasteiger partial charge in [-0.3, -0.25) is 4.79 Å². The van der Waals surface area contributed by atoms with Gasteiger partial charge in [-0.25, -0.2) is 18.1 Å². The van der Waals surface area contributed by atoms with Crippen LogP contribution in [0.3, 0.4) is 0 Å². The molecule has 0 spiro atoms. The van der Waals surface area contributed by atoms with Crippen molar-refractivity contribution in [2.24, 2.45) is 0 Å². The minimum atomic E-state index is -3.65. The molecule has 2 aromatic carbocycles. The molecule has 1 fully saturated rings. The third-order valence-electron chi connectivity index (χ3n) is 6.10. The summed E-state index contributed by atoms with van der Waals surface area (Å²) >= 11 is 6.28. The molecule has 1 atom stereocenters. The van der Waals surface area contributed by atoms with Crippen molar-refractivity contribution < 1.29 is 8.42 Å². The first kappa shape index (κ1) is 22.7. The zero-order valence-corrected chi connectivity index (χ0v) is 20.1. The van der Waals surface area contributed by atoms with Gasteiger partial charge in [0.15, 0.2) is 11.2 Å². The monoisotopic (exact) mass is 498 g/mol. The lowest BCUT2D eigenvalue weighted by Crippen LogP contribution is -2.39. The summed E-state index contributed by atoms with van der Waals surface area (Å²) in [5, 5.41) is 8.67. The zero-order valence-electron chi connectivity index (χ0n) is 18.5. The van der Waals surface area contributed by atoms with Crippen molar-refractivity contribution in [2.45, 2.75) is 37.1 Å². The fourth-order valence-electron chi connectivity index (χ4n) is 4.21. The second kappa shape index (κ2) is 8.94. The van der Waals surface area contributed by atoms with Crippen LogP contribution in [0.15, 0.2) is 58.2 Å². The Hall–Kier alpha value is -3.08. The molecule has 9 nitrogen and oxygen atoms in total. The first-order valence-electron chi connectivity index (χ1n) is 11.0. The number of hydrogen-bond acceptors (Lipinski definition) is 6. The summed E-state index contributed by atoms with van der Waals surface area (Å²) in [6.07, 6.45) is 1.37. The van der Waals surface area contributed by atoms with Crippen molar-refractivity contribution in [2.75, 3.05) is 13.1 Å². The predicted molar refractivity (Wildman–Crippen MR) is 128 cm³/mol. The molecule has 176 valence electrons. The van der Waals surface area contributed by atoms with Gasteiger partial charge in [-0.05, 0) is 43.5 Å². The van der Waals surface area contributed by atoms with Gasteiger partial charge in [-0.1, -0.05) is 52.7 Å². The molecule has 34 heavy (non-hydrogen) atoms. The van der Waals surface area contributed by atoms with Crippen LogP contribution in [0.25, 0.3) is 11.2 Å². The fraction of sp³-hybridized carbons (Fsp3) is 0.304. The van der Waals surface area contributed by atoms with E-state index in [1.165, 1.54) is 4.31 Å². The molecule has 1 aliphatic heterocycles. The number of halogens is 1. The lowest BCUT2D eigenvalue weighted by atomic mass is 9.99. The van der Waals surface area contributed by atoms with E-state index in [0.29, 0.717) is 42.4 Å². The number of sulfonamides is 1. The molecule has 5 rings (SSSR count). The maximum absolute atomic E-state index is 13.2. The van der Waals surface area contributed by atoms with E-state index in [1.807, 2.05) is 25.1 Å². The molecule has 0 radical (unpaired) electrons. The maximum Gasteiger partial charge on any atom is 0.281 e. The Morgan fingerprint density at radius 1 is 1.15 bits per heavy atom. The molecule has 0 saturated carbocycles. The fourth-order valence-corrected chi connectivity index (χ4v) is 5.93. The van der Waals surface area contributed by atoms with Gasteiger partial charge >= 0.3 is 0 Å². The third kappa shape index (κ3) is 4.24. The average Bonchev–Trinajstić information content (AvgIpc) is 3.24. The lowest BCUT2D eigenvalue weighted by Gasteiger charge is -2.31. The maximum atomic E-state index is 13.2. The number of nitrogens with zero attached hydrogens (tertiary/aromatic N) is 5. The van der Waals surface area contributed by atoms with Crippen LogP contribution in [-0.4, -0.2) is 50.8 Å². The highest BCUT2D eigenvalue weighted by Crippen LogP contribution is 2.29. The van der Waals surface area contributed by atoms with E-state index in [1.54, 1.807) is 35.0 Å². The summed E-state index contributed by atoms with van der Waals surface area (Å²) in [5.74, 6) is 0.179. The molecule has 0 bridgehead atoms. The van der Waals surface area contributed by atoms with Crippen LogP contribution in [0.2, 0.25) is 5.02 Å².